The molecule has 1 nitrogen and oxygen atoms in total. The molecule has 0 bridgehead atoms. The number of benzene rings is 1. The fraction of sp³-hybridized carbons (Fsp3) is 0.250. The van der Waals surface area contributed by atoms with Gasteiger partial charge in [0.15, 0.2) is 11.6 Å². The first-order chi connectivity index (χ1) is 6.02. The van der Waals surface area contributed by atoms with Gasteiger partial charge < -0.3 is 5.73 Å². The number of nitrogens with two attached hydrogens (primary N) is 1. The molecule has 0 aliphatic heterocycles. The van der Waals surface area contributed by atoms with Crippen LogP contribution in [-0.4, -0.2) is 6.43 Å². The summed E-state index contributed by atoms with van der Waals surface area (Å²) in [5, 5.41) is 0. The maximum Gasteiger partial charge on any atom is 0.257 e. The zero-order chi connectivity index (χ0) is 10.0. The van der Waals surface area contributed by atoms with E-state index in [4.69, 9.17) is 5.73 Å². The normalized spacial score (nSPS) is 13.4. The first-order valence-electron chi connectivity index (χ1n) is 3.51. The molecule has 0 aliphatic carbocycles. The van der Waals surface area contributed by atoms with Crippen LogP contribution in [0.1, 0.15) is 11.6 Å². The lowest BCUT2D eigenvalue weighted by molar-refractivity contribution is 0.116. The molecule has 0 saturated heterocycles. The maximum atomic E-state index is 12.5. The van der Waals surface area contributed by atoms with Crippen LogP contribution in [0.15, 0.2) is 18.2 Å². The van der Waals surface area contributed by atoms with Crippen molar-refractivity contribution in [2.45, 2.75) is 12.5 Å². The van der Waals surface area contributed by atoms with E-state index >= 15 is 0 Å². The van der Waals surface area contributed by atoms with Crippen molar-refractivity contribution in [3.8, 4) is 0 Å². The van der Waals surface area contributed by atoms with Crippen LogP contribution in [0.25, 0.3) is 0 Å². The predicted octanol–water partition coefficient (Wildman–Crippen LogP) is 2.23. The van der Waals surface area contributed by atoms with Gasteiger partial charge in [0.05, 0.1) is 6.04 Å². The van der Waals surface area contributed by atoms with Crippen molar-refractivity contribution in [1.29, 1.82) is 0 Å². The third-order valence-electron chi connectivity index (χ3n) is 1.60. The van der Waals surface area contributed by atoms with Crippen molar-refractivity contribution in [3.63, 3.8) is 0 Å². The highest BCUT2D eigenvalue weighted by atomic mass is 19.3. The second kappa shape index (κ2) is 3.74. The predicted molar refractivity (Wildman–Crippen MR) is 39.3 cm³/mol. The summed E-state index contributed by atoms with van der Waals surface area (Å²) in [7, 11) is 0. The summed E-state index contributed by atoms with van der Waals surface area (Å²) in [6, 6.07) is 0.906. The average molecular weight is 193 g/mol. The van der Waals surface area contributed by atoms with Crippen LogP contribution in [0.2, 0.25) is 0 Å². The quantitative estimate of drug-likeness (QED) is 0.716. The lowest BCUT2D eigenvalue weighted by Crippen LogP contribution is -2.19. The third-order valence-corrected chi connectivity index (χ3v) is 1.60. The Morgan fingerprint density at radius 2 is 1.69 bits per heavy atom. The van der Waals surface area contributed by atoms with Gasteiger partial charge in [-0.1, -0.05) is 6.07 Å². The van der Waals surface area contributed by atoms with Crippen LogP contribution in [0.5, 0.6) is 0 Å². The molecule has 1 aromatic rings. The topological polar surface area (TPSA) is 26.0 Å². The molecular weight excluding hydrogens is 186 g/mol. The molecule has 0 unspecified atom stereocenters. The van der Waals surface area contributed by atoms with Gasteiger partial charge in [-0.3, -0.25) is 0 Å². The fourth-order valence-corrected chi connectivity index (χ4v) is 0.865. The zero-order valence-corrected chi connectivity index (χ0v) is 6.48. The van der Waals surface area contributed by atoms with Gasteiger partial charge in [-0.2, -0.15) is 0 Å². The van der Waals surface area contributed by atoms with E-state index < -0.39 is 24.1 Å². The minimum atomic E-state index is -2.79. The Kier molecular flexibility index (Phi) is 2.87. The molecule has 0 spiro atoms. The zero-order valence-electron chi connectivity index (χ0n) is 6.48. The number of rotatable bonds is 2. The second-order valence-corrected chi connectivity index (χ2v) is 2.53. The van der Waals surface area contributed by atoms with Gasteiger partial charge >= 0.3 is 0 Å². The van der Waals surface area contributed by atoms with Gasteiger partial charge in [0.1, 0.15) is 0 Å². The summed E-state index contributed by atoms with van der Waals surface area (Å²) >= 11 is 0. The molecule has 0 aromatic heterocycles. The first kappa shape index (κ1) is 9.98. The average Bonchev–Trinajstić information content (AvgIpc) is 2.08. The van der Waals surface area contributed by atoms with Gasteiger partial charge in [-0.15, -0.1) is 0 Å². The fourth-order valence-electron chi connectivity index (χ4n) is 0.865. The molecule has 0 aliphatic rings. The van der Waals surface area contributed by atoms with E-state index in [0.29, 0.717) is 6.07 Å². The molecule has 0 amide bonds. The van der Waals surface area contributed by atoms with Crippen molar-refractivity contribution < 1.29 is 17.6 Å². The van der Waals surface area contributed by atoms with E-state index in [-0.39, 0.29) is 5.56 Å². The minimum Gasteiger partial charge on any atom is -0.319 e. The first-order valence-corrected chi connectivity index (χ1v) is 3.51. The Morgan fingerprint density at radius 1 is 1.08 bits per heavy atom. The van der Waals surface area contributed by atoms with E-state index in [1.807, 2.05) is 0 Å². The summed E-state index contributed by atoms with van der Waals surface area (Å²) in [5.74, 6) is -2.25. The molecule has 0 radical (unpaired) electrons. The molecule has 72 valence electrons. The third kappa shape index (κ3) is 2.18. The number of hydrogen-bond donors (Lipinski definition) is 1. The summed E-state index contributed by atoms with van der Waals surface area (Å²) in [4.78, 5) is 0. The Balaban J connectivity index is 2.97. The van der Waals surface area contributed by atoms with Gasteiger partial charge in [-0.25, -0.2) is 17.6 Å². The van der Waals surface area contributed by atoms with Crippen LogP contribution in [-0.2, 0) is 0 Å². The lowest BCUT2D eigenvalue weighted by atomic mass is 10.1. The monoisotopic (exact) mass is 193 g/mol. The summed E-state index contributed by atoms with van der Waals surface area (Å²) < 4.78 is 48.9. The van der Waals surface area contributed by atoms with Gasteiger partial charge in [0, 0.05) is 0 Å². The molecule has 0 heterocycles. The van der Waals surface area contributed by atoms with E-state index in [1.54, 1.807) is 0 Å². The van der Waals surface area contributed by atoms with Gasteiger partial charge in [0.2, 0.25) is 0 Å². The van der Waals surface area contributed by atoms with E-state index in [1.165, 1.54) is 0 Å². The van der Waals surface area contributed by atoms with Crippen LogP contribution in [0.4, 0.5) is 17.6 Å². The van der Waals surface area contributed by atoms with Crippen LogP contribution >= 0.6 is 0 Å². The SMILES string of the molecule is N[C@H](c1ccc(F)c(F)c1)C(F)F. The van der Waals surface area contributed by atoms with Crippen LogP contribution in [0, 0.1) is 11.6 Å². The second-order valence-electron chi connectivity index (χ2n) is 2.53. The van der Waals surface area contributed by atoms with Gasteiger partial charge in [0.25, 0.3) is 6.43 Å². The molecule has 1 rings (SSSR count). The highest BCUT2D eigenvalue weighted by Gasteiger charge is 2.18. The summed E-state index contributed by atoms with van der Waals surface area (Å²) in [5.41, 5.74) is 4.90. The van der Waals surface area contributed by atoms with Crippen molar-refractivity contribution in [3.05, 3.63) is 35.4 Å². The lowest BCUT2D eigenvalue weighted by Gasteiger charge is -2.10. The van der Waals surface area contributed by atoms with Crippen molar-refractivity contribution >= 4 is 0 Å². The van der Waals surface area contributed by atoms with Crippen molar-refractivity contribution in [2.24, 2.45) is 5.73 Å². The Morgan fingerprint density at radius 3 is 2.15 bits per heavy atom. The molecule has 13 heavy (non-hydrogen) atoms. The number of hydrogen-bond acceptors (Lipinski definition) is 1. The molecule has 1 aromatic carbocycles. The summed E-state index contributed by atoms with van der Waals surface area (Å²) in [6.07, 6.45) is -2.79. The smallest absolute Gasteiger partial charge is 0.257 e. The maximum absolute atomic E-state index is 12.5. The van der Waals surface area contributed by atoms with Crippen molar-refractivity contribution in [2.75, 3.05) is 0 Å². The summed E-state index contributed by atoms with van der Waals surface area (Å²) in [6.45, 7) is 0. The highest BCUT2D eigenvalue weighted by Crippen LogP contribution is 2.19. The molecular formula is C8H7F4N. The van der Waals surface area contributed by atoms with Crippen molar-refractivity contribution in [1.82, 2.24) is 0 Å². The Labute approximate surface area is 72.2 Å². The number of alkyl halides is 2. The van der Waals surface area contributed by atoms with E-state index in [0.717, 1.165) is 12.1 Å². The Bertz CT molecular complexity index is 300. The molecule has 2 N–H and O–H groups in total. The van der Waals surface area contributed by atoms with Gasteiger partial charge in [-0.05, 0) is 17.7 Å². The van der Waals surface area contributed by atoms with Crippen LogP contribution < -0.4 is 5.73 Å². The Hall–Kier alpha value is -1.10. The molecule has 0 saturated carbocycles. The van der Waals surface area contributed by atoms with E-state index in [2.05, 4.69) is 0 Å². The number of halogens is 4. The largest absolute Gasteiger partial charge is 0.319 e. The van der Waals surface area contributed by atoms with Crippen LogP contribution in [0.3, 0.4) is 0 Å². The standard InChI is InChI=1S/C8H7F4N/c9-5-2-1-4(3-6(5)10)7(13)8(11)12/h1-3,7-8H,13H2/t7-/m1/s1. The van der Waals surface area contributed by atoms with E-state index in [9.17, 15) is 17.6 Å². The highest BCUT2D eigenvalue weighted by molar-refractivity contribution is 5.21. The molecule has 5 heteroatoms. The minimum absolute atomic E-state index is 0.117. The molecule has 0 fully saturated rings. The molecule has 1 atom stereocenters.